The van der Waals surface area contributed by atoms with Crippen LogP contribution in [-0.4, -0.2) is 37.7 Å². The van der Waals surface area contributed by atoms with E-state index in [0.29, 0.717) is 24.0 Å². The molecular formula is C17H23FN2O. The lowest BCUT2D eigenvalue weighted by atomic mass is 10.0. The second kappa shape index (κ2) is 8.02. The Balaban J connectivity index is 1.94. The van der Waals surface area contributed by atoms with Gasteiger partial charge in [-0.1, -0.05) is 18.3 Å². The first-order valence-electron chi connectivity index (χ1n) is 7.52. The van der Waals surface area contributed by atoms with Crippen LogP contribution in [0.5, 0.6) is 5.75 Å². The molecule has 0 spiro atoms. The second-order valence-electron chi connectivity index (χ2n) is 5.41. The summed E-state index contributed by atoms with van der Waals surface area (Å²) in [6.07, 6.45) is 4.72. The van der Waals surface area contributed by atoms with Gasteiger partial charge in [0.2, 0.25) is 0 Å². The van der Waals surface area contributed by atoms with Crippen LogP contribution in [0.2, 0.25) is 0 Å². The smallest absolute Gasteiger partial charge is 0.137 e. The van der Waals surface area contributed by atoms with Crippen LogP contribution >= 0.6 is 0 Å². The summed E-state index contributed by atoms with van der Waals surface area (Å²) < 4.78 is 19.1. The average molecular weight is 290 g/mol. The fraction of sp³-hybridized carbons (Fsp3) is 0.529. The van der Waals surface area contributed by atoms with Gasteiger partial charge < -0.3 is 15.4 Å². The van der Waals surface area contributed by atoms with Gasteiger partial charge in [-0.2, -0.15) is 0 Å². The Labute approximate surface area is 126 Å². The van der Waals surface area contributed by atoms with E-state index < -0.39 is 0 Å². The largest absolute Gasteiger partial charge is 0.492 e. The van der Waals surface area contributed by atoms with Gasteiger partial charge in [-0.3, -0.25) is 0 Å². The molecule has 2 rings (SSSR count). The highest BCUT2D eigenvalue weighted by Gasteiger charge is 2.18. The highest BCUT2D eigenvalue weighted by molar-refractivity contribution is 5.46. The third-order valence-electron chi connectivity index (χ3n) is 3.90. The highest BCUT2D eigenvalue weighted by atomic mass is 19.1. The van der Waals surface area contributed by atoms with E-state index in [-0.39, 0.29) is 12.4 Å². The molecule has 0 bridgehead atoms. The Bertz CT molecular complexity index is 521. The maximum absolute atomic E-state index is 13.4. The van der Waals surface area contributed by atoms with Gasteiger partial charge in [0.25, 0.3) is 0 Å². The van der Waals surface area contributed by atoms with Crippen molar-refractivity contribution in [3.63, 3.8) is 0 Å². The highest BCUT2D eigenvalue weighted by Crippen LogP contribution is 2.21. The zero-order valence-electron chi connectivity index (χ0n) is 12.6. The van der Waals surface area contributed by atoms with Crippen molar-refractivity contribution in [1.29, 1.82) is 0 Å². The van der Waals surface area contributed by atoms with Gasteiger partial charge in [-0.05, 0) is 45.0 Å². The summed E-state index contributed by atoms with van der Waals surface area (Å²) >= 11 is 0. The Morgan fingerprint density at radius 3 is 3.05 bits per heavy atom. The topological polar surface area (TPSA) is 38.5 Å². The van der Waals surface area contributed by atoms with Crippen molar-refractivity contribution in [2.75, 3.05) is 26.7 Å². The molecule has 21 heavy (non-hydrogen) atoms. The van der Waals surface area contributed by atoms with Gasteiger partial charge in [0.15, 0.2) is 0 Å². The van der Waals surface area contributed by atoms with Crippen LogP contribution in [0.4, 0.5) is 4.39 Å². The molecule has 0 aliphatic carbocycles. The lowest BCUT2D eigenvalue weighted by Crippen LogP contribution is -2.37. The fourth-order valence-corrected chi connectivity index (χ4v) is 2.68. The van der Waals surface area contributed by atoms with Crippen molar-refractivity contribution < 1.29 is 9.13 Å². The van der Waals surface area contributed by atoms with E-state index in [9.17, 15) is 4.39 Å². The van der Waals surface area contributed by atoms with Crippen molar-refractivity contribution in [3.05, 3.63) is 29.6 Å². The number of benzene rings is 1. The maximum Gasteiger partial charge on any atom is 0.137 e. The Kier molecular flexibility index (Phi) is 6.04. The number of likely N-dealkylation sites (tertiary alicyclic amines) is 1. The number of rotatable bonds is 4. The number of hydrogen-bond donors (Lipinski definition) is 1. The number of nitrogens with two attached hydrogens (primary N) is 1. The second-order valence-corrected chi connectivity index (χ2v) is 5.41. The van der Waals surface area contributed by atoms with Gasteiger partial charge in [-0.25, -0.2) is 4.39 Å². The molecule has 1 heterocycles. The molecule has 114 valence electrons. The summed E-state index contributed by atoms with van der Waals surface area (Å²) in [5.41, 5.74) is 6.07. The molecule has 0 amide bonds. The molecule has 1 atom stereocenters. The lowest BCUT2D eigenvalue weighted by Gasteiger charge is -2.32. The summed E-state index contributed by atoms with van der Waals surface area (Å²) in [4.78, 5) is 2.38. The van der Waals surface area contributed by atoms with Crippen molar-refractivity contribution >= 4 is 0 Å². The molecule has 1 saturated heterocycles. The summed E-state index contributed by atoms with van der Waals surface area (Å²) in [7, 11) is 2.16. The molecule has 1 unspecified atom stereocenters. The summed E-state index contributed by atoms with van der Waals surface area (Å²) in [5, 5.41) is 0. The number of ether oxygens (including phenoxy) is 1. The van der Waals surface area contributed by atoms with Crippen LogP contribution in [0.1, 0.15) is 31.2 Å². The first-order valence-corrected chi connectivity index (χ1v) is 7.52. The van der Waals surface area contributed by atoms with E-state index in [1.165, 1.54) is 31.4 Å². The van der Waals surface area contributed by atoms with Gasteiger partial charge in [0.1, 0.15) is 11.6 Å². The Hall–Kier alpha value is -1.57. The van der Waals surface area contributed by atoms with Crippen LogP contribution in [0.3, 0.4) is 0 Å². The van der Waals surface area contributed by atoms with E-state index in [1.54, 1.807) is 6.07 Å². The molecule has 1 aromatic rings. The van der Waals surface area contributed by atoms with Crippen LogP contribution < -0.4 is 10.5 Å². The third kappa shape index (κ3) is 4.73. The summed E-state index contributed by atoms with van der Waals surface area (Å²) in [6, 6.07) is 4.99. The predicted molar refractivity (Wildman–Crippen MR) is 82.7 cm³/mol. The van der Waals surface area contributed by atoms with Crippen molar-refractivity contribution in [2.45, 2.75) is 31.7 Å². The fourth-order valence-electron chi connectivity index (χ4n) is 2.68. The van der Waals surface area contributed by atoms with Crippen LogP contribution in [0, 0.1) is 17.7 Å². The molecular weight excluding hydrogens is 267 g/mol. The quantitative estimate of drug-likeness (QED) is 0.865. The summed E-state index contributed by atoms with van der Waals surface area (Å²) in [5.74, 6) is 5.90. The molecule has 1 aromatic carbocycles. The molecule has 4 heteroatoms. The number of piperidine rings is 1. The monoisotopic (exact) mass is 290 g/mol. The van der Waals surface area contributed by atoms with Crippen molar-refractivity contribution in [1.82, 2.24) is 4.90 Å². The van der Waals surface area contributed by atoms with Gasteiger partial charge >= 0.3 is 0 Å². The van der Waals surface area contributed by atoms with E-state index in [1.807, 2.05) is 0 Å². The molecule has 0 aromatic heterocycles. The zero-order valence-corrected chi connectivity index (χ0v) is 12.6. The van der Waals surface area contributed by atoms with Crippen molar-refractivity contribution in [3.8, 4) is 17.6 Å². The minimum Gasteiger partial charge on any atom is -0.492 e. The molecule has 0 saturated carbocycles. The average Bonchev–Trinajstić information content (AvgIpc) is 2.48. The predicted octanol–water partition coefficient (Wildman–Crippen LogP) is 2.39. The standard InChI is InChI=1S/C17H23FN2O/c1-20-11-3-2-6-16(20)9-12-21-17-13-15(18)8-7-14(17)5-4-10-19/h7-8,13,16H,2-3,6,9-12,19H2,1H3. The molecule has 1 aliphatic rings. The SMILES string of the molecule is CN1CCCCC1CCOc1cc(F)ccc1C#CCN. The minimum atomic E-state index is -0.307. The number of hydrogen-bond acceptors (Lipinski definition) is 3. The van der Waals surface area contributed by atoms with Crippen LogP contribution in [0.25, 0.3) is 0 Å². The van der Waals surface area contributed by atoms with Crippen molar-refractivity contribution in [2.24, 2.45) is 5.73 Å². The first kappa shape index (κ1) is 15.8. The molecule has 3 nitrogen and oxygen atoms in total. The minimum absolute atomic E-state index is 0.281. The molecule has 1 aliphatic heterocycles. The number of halogens is 1. The lowest BCUT2D eigenvalue weighted by molar-refractivity contribution is 0.153. The van der Waals surface area contributed by atoms with E-state index in [2.05, 4.69) is 23.8 Å². The zero-order chi connectivity index (χ0) is 15.1. The first-order chi connectivity index (χ1) is 10.2. The van der Waals surface area contributed by atoms with E-state index in [0.717, 1.165) is 13.0 Å². The molecule has 1 fully saturated rings. The molecule has 2 N–H and O–H groups in total. The maximum atomic E-state index is 13.4. The van der Waals surface area contributed by atoms with Gasteiger partial charge in [-0.15, -0.1) is 0 Å². The third-order valence-corrected chi connectivity index (χ3v) is 3.90. The van der Waals surface area contributed by atoms with Crippen LogP contribution in [-0.2, 0) is 0 Å². The van der Waals surface area contributed by atoms with E-state index >= 15 is 0 Å². The Morgan fingerprint density at radius 2 is 2.29 bits per heavy atom. The van der Waals surface area contributed by atoms with E-state index in [4.69, 9.17) is 10.5 Å². The van der Waals surface area contributed by atoms with Gasteiger partial charge in [0, 0.05) is 12.1 Å². The molecule has 0 radical (unpaired) electrons. The van der Waals surface area contributed by atoms with Gasteiger partial charge in [0.05, 0.1) is 18.7 Å². The Morgan fingerprint density at radius 1 is 1.43 bits per heavy atom. The van der Waals surface area contributed by atoms with Crippen LogP contribution in [0.15, 0.2) is 18.2 Å². The normalized spacial score (nSPS) is 18.9. The number of nitrogens with zero attached hydrogens (tertiary/aromatic N) is 1. The summed E-state index contributed by atoms with van der Waals surface area (Å²) in [6.45, 7) is 2.01.